The largest absolute Gasteiger partial charge is 0.249 e. The Hall–Kier alpha value is -0.860. The first-order valence-corrected chi connectivity index (χ1v) is 5.62. The predicted octanol–water partition coefficient (Wildman–Crippen LogP) is 2.89. The van der Waals surface area contributed by atoms with Crippen LogP contribution in [0.15, 0.2) is 0 Å². The Kier molecular flexibility index (Phi) is 2.94. The molecule has 0 amide bonds. The SMILES string of the molecule is CCn1nnc(C(C)(C)C)c1C(C)(C)C. The molecule has 0 saturated carbocycles. The third-order valence-electron chi connectivity index (χ3n) is 2.46. The molecule has 0 N–H and O–H groups in total. The minimum Gasteiger partial charge on any atom is -0.249 e. The zero-order valence-electron chi connectivity index (χ0n) is 11.0. The highest BCUT2D eigenvalue weighted by atomic mass is 15.4. The molecule has 1 heterocycles. The van der Waals surface area contributed by atoms with Gasteiger partial charge >= 0.3 is 0 Å². The fourth-order valence-electron chi connectivity index (χ4n) is 1.78. The fourth-order valence-corrected chi connectivity index (χ4v) is 1.78. The average Bonchev–Trinajstić information content (AvgIpc) is 2.44. The molecule has 0 bridgehead atoms. The Bertz CT molecular complexity index is 337. The molecule has 86 valence electrons. The quantitative estimate of drug-likeness (QED) is 0.712. The number of aryl methyl sites for hydroxylation is 1. The molecule has 15 heavy (non-hydrogen) atoms. The van der Waals surface area contributed by atoms with Crippen LogP contribution < -0.4 is 0 Å². The van der Waals surface area contributed by atoms with Gasteiger partial charge in [-0.05, 0) is 6.92 Å². The third kappa shape index (κ3) is 2.39. The lowest BCUT2D eigenvalue weighted by atomic mass is 9.82. The summed E-state index contributed by atoms with van der Waals surface area (Å²) in [5.41, 5.74) is 2.55. The third-order valence-corrected chi connectivity index (χ3v) is 2.46. The molecule has 1 rings (SSSR count). The Morgan fingerprint density at radius 3 is 1.87 bits per heavy atom. The van der Waals surface area contributed by atoms with Gasteiger partial charge in [0.1, 0.15) is 0 Å². The van der Waals surface area contributed by atoms with Crippen LogP contribution in [0.25, 0.3) is 0 Å². The predicted molar refractivity (Wildman–Crippen MR) is 63.1 cm³/mol. The van der Waals surface area contributed by atoms with Gasteiger partial charge in [-0.15, -0.1) is 5.10 Å². The first-order chi connectivity index (χ1) is 6.68. The van der Waals surface area contributed by atoms with Crippen molar-refractivity contribution in [3.05, 3.63) is 11.4 Å². The summed E-state index contributed by atoms with van der Waals surface area (Å²) in [6, 6.07) is 0. The number of hydrogen-bond donors (Lipinski definition) is 0. The molecule has 0 aromatic carbocycles. The smallest absolute Gasteiger partial charge is 0.0917 e. The number of nitrogens with zero attached hydrogens (tertiary/aromatic N) is 3. The van der Waals surface area contributed by atoms with Crippen molar-refractivity contribution in [2.75, 3.05) is 0 Å². The first-order valence-electron chi connectivity index (χ1n) is 5.62. The van der Waals surface area contributed by atoms with Gasteiger partial charge in [-0.2, -0.15) is 0 Å². The Balaban J connectivity index is 3.37. The molecule has 0 aliphatic rings. The summed E-state index contributed by atoms with van der Waals surface area (Å²) >= 11 is 0. The molecule has 0 unspecified atom stereocenters. The highest BCUT2D eigenvalue weighted by Gasteiger charge is 2.30. The van der Waals surface area contributed by atoms with Crippen LogP contribution in [-0.2, 0) is 17.4 Å². The maximum Gasteiger partial charge on any atom is 0.0917 e. The van der Waals surface area contributed by atoms with E-state index in [1.807, 2.05) is 4.68 Å². The van der Waals surface area contributed by atoms with Gasteiger partial charge in [0.25, 0.3) is 0 Å². The van der Waals surface area contributed by atoms with E-state index in [4.69, 9.17) is 0 Å². The molecule has 0 radical (unpaired) electrons. The highest BCUT2D eigenvalue weighted by molar-refractivity contribution is 5.25. The van der Waals surface area contributed by atoms with Gasteiger partial charge in [0.15, 0.2) is 0 Å². The lowest BCUT2D eigenvalue weighted by Gasteiger charge is -2.25. The molecule has 0 atom stereocenters. The van der Waals surface area contributed by atoms with Crippen LogP contribution in [-0.4, -0.2) is 15.0 Å². The Labute approximate surface area is 92.9 Å². The number of aromatic nitrogens is 3. The van der Waals surface area contributed by atoms with Crippen molar-refractivity contribution in [3.63, 3.8) is 0 Å². The van der Waals surface area contributed by atoms with Crippen LogP contribution in [0.4, 0.5) is 0 Å². The van der Waals surface area contributed by atoms with E-state index in [1.54, 1.807) is 0 Å². The normalized spacial score (nSPS) is 13.3. The zero-order valence-corrected chi connectivity index (χ0v) is 11.0. The van der Waals surface area contributed by atoms with E-state index in [1.165, 1.54) is 5.69 Å². The second-order valence-electron chi connectivity index (χ2n) is 6.10. The second-order valence-corrected chi connectivity index (χ2v) is 6.10. The first kappa shape index (κ1) is 12.2. The maximum absolute atomic E-state index is 4.34. The molecule has 0 saturated heterocycles. The lowest BCUT2D eigenvalue weighted by Crippen LogP contribution is -2.24. The van der Waals surface area contributed by atoms with Crippen LogP contribution in [0.5, 0.6) is 0 Å². The maximum atomic E-state index is 4.34. The summed E-state index contributed by atoms with van der Waals surface area (Å²) in [7, 11) is 0. The number of hydrogen-bond acceptors (Lipinski definition) is 2. The van der Waals surface area contributed by atoms with Crippen molar-refractivity contribution in [1.82, 2.24) is 15.0 Å². The van der Waals surface area contributed by atoms with E-state index in [0.29, 0.717) is 0 Å². The van der Waals surface area contributed by atoms with Gasteiger partial charge in [-0.1, -0.05) is 46.8 Å². The van der Waals surface area contributed by atoms with Crippen LogP contribution in [0.3, 0.4) is 0 Å². The molecule has 0 spiro atoms. The van der Waals surface area contributed by atoms with Gasteiger partial charge in [-0.3, -0.25) is 0 Å². The summed E-state index contributed by atoms with van der Waals surface area (Å²) in [5.74, 6) is 0. The summed E-state index contributed by atoms with van der Waals surface area (Å²) in [4.78, 5) is 0. The fraction of sp³-hybridized carbons (Fsp3) is 0.833. The summed E-state index contributed by atoms with van der Waals surface area (Å²) in [5, 5.41) is 8.57. The minimum atomic E-state index is 0.0655. The monoisotopic (exact) mass is 209 g/mol. The summed E-state index contributed by atoms with van der Waals surface area (Å²) in [6.07, 6.45) is 0. The van der Waals surface area contributed by atoms with Crippen LogP contribution in [0.1, 0.15) is 59.9 Å². The van der Waals surface area contributed by atoms with Crippen LogP contribution in [0.2, 0.25) is 0 Å². The summed E-state index contributed by atoms with van der Waals surface area (Å²) < 4.78 is 2.01. The Morgan fingerprint density at radius 1 is 1.00 bits per heavy atom. The van der Waals surface area contributed by atoms with E-state index >= 15 is 0 Å². The minimum absolute atomic E-state index is 0.0655. The lowest BCUT2D eigenvalue weighted by molar-refractivity contribution is 0.474. The van der Waals surface area contributed by atoms with E-state index in [0.717, 1.165) is 12.2 Å². The highest BCUT2D eigenvalue weighted by Crippen LogP contribution is 2.31. The molecular weight excluding hydrogens is 186 g/mol. The summed E-state index contributed by atoms with van der Waals surface area (Å²) in [6.45, 7) is 16.2. The van der Waals surface area contributed by atoms with E-state index in [-0.39, 0.29) is 10.8 Å². The molecule has 0 aliphatic heterocycles. The van der Waals surface area contributed by atoms with Crippen LogP contribution >= 0.6 is 0 Å². The van der Waals surface area contributed by atoms with Crippen molar-refractivity contribution < 1.29 is 0 Å². The van der Waals surface area contributed by atoms with Crippen LogP contribution in [0, 0.1) is 0 Å². The van der Waals surface area contributed by atoms with Gasteiger partial charge in [0.2, 0.25) is 0 Å². The van der Waals surface area contributed by atoms with Gasteiger partial charge in [-0.25, -0.2) is 4.68 Å². The molecule has 1 aromatic rings. The topological polar surface area (TPSA) is 30.7 Å². The van der Waals surface area contributed by atoms with Crippen molar-refractivity contribution in [2.45, 2.75) is 65.8 Å². The van der Waals surface area contributed by atoms with Gasteiger partial charge < -0.3 is 0 Å². The van der Waals surface area contributed by atoms with Crippen molar-refractivity contribution in [2.24, 2.45) is 0 Å². The molecule has 1 aromatic heterocycles. The molecule has 0 fully saturated rings. The van der Waals surface area contributed by atoms with E-state index in [9.17, 15) is 0 Å². The van der Waals surface area contributed by atoms with Crippen molar-refractivity contribution in [1.29, 1.82) is 0 Å². The van der Waals surface area contributed by atoms with Crippen molar-refractivity contribution in [3.8, 4) is 0 Å². The van der Waals surface area contributed by atoms with Gasteiger partial charge in [0, 0.05) is 17.4 Å². The standard InChI is InChI=1S/C12H23N3/c1-8-15-10(12(5,6)7)9(13-14-15)11(2,3)4/h8H2,1-7H3. The van der Waals surface area contributed by atoms with Gasteiger partial charge in [0.05, 0.1) is 11.4 Å². The number of rotatable bonds is 1. The molecule has 3 nitrogen and oxygen atoms in total. The molecule has 0 aliphatic carbocycles. The van der Waals surface area contributed by atoms with E-state index < -0.39 is 0 Å². The second kappa shape index (κ2) is 3.62. The molecule has 3 heteroatoms. The zero-order chi connectivity index (χ0) is 11.9. The Morgan fingerprint density at radius 2 is 1.53 bits per heavy atom. The van der Waals surface area contributed by atoms with Crippen molar-refractivity contribution >= 4 is 0 Å². The van der Waals surface area contributed by atoms with E-state index in [2.05, 4.69) is 58.8 Å². The average molecular weight is 209 g/mol. The molecular formula is C12H23N3.